The van der Waals surface area contributed by atoms with E-state index in [1.165, 1.54) is 30.2 Å². The third-order valence-electron chi connectivity index (χ3n) is 6.23. The van der Waals surface area contributed by atoms with Gasteiger partial charge in [-0.3, -0.25) is 24.6 Å². The Morgan fingerprint density at radius 2 is 1.71 bits per heavy atom. The van der Waals surface area contributed by atoms with Crippen molar-refractivity contribution in [2.24, 2.45) is 0 Å². The lowest BCUT2D eigenvalue weighted by molar-refractivity contribution is -0.384. The Hall–Kier alpha value is -4.46. The van der Waals surface area contributed by atoms with Crippen molar-refractivity contribution in [3.63, 3.8) is 0 Å². The van der Waals surface area contributed by atoms with Crippen molar-refractivity contribution in [3.05, 3.63) is 109 Å². The molecule has 34 heavy (non-hydrogen) atoms. The number of carbonyl (C=O) groups is 1. The van der Waals surface area contributed by atoms with E-state index in [0.29, 0.717) is 28.0 Å². The van der Waals surface area contributed by atoms with Gasteiger partial charge in [0.05, 0.1) is 29.0 Å². The molecule has 0 bridgehead atoms. The summed E-state index contributed by atoms with van der Waals surface area (Å²) in [6, 6.07) is 15.4. The number of nitro groups is 1. The van der Waals surface area contributed by atoms with Gasteiger partial charge in [-0.15, -0.1) is 0 Å². The van der Waals surface area contributed by atoms with E-state index in [0.717, 1.165) is 11.1 Å². The Bertz CT molecular complexity index is 1540. The summed E-state index contributed by atoms with van der Waals surface area (Å²) in [6.07, 6.45) is 0. The lowest BCUT2D eigenvalue weighted by Gasteiger charge is -2.25. The molecule has 1 aromatic heterocycles. The summed E-state index contributed by atoms with van der Waals surface area (Å²) < 4.78 is 11.2. The highest BCUT2D eigenvalue weighted by Crippen LogP contribution is 2.42. The molecule has 170 valence electrons. The second kappa shape index (κ2) is 7.84. The number of benzene rings is 3. The molecule has 0 unspecified atom stereocenters. The molecule has 2 heterocycles. The van der Waals surface area contributed by atoms with Gasteiger partial charge in [0.2, 0.25) is 5.76 Å². The Kier molecular flexibility index (Phi) is 4.93. The molecule has 0 aliphatic carbocycles. The zero-order valence-electron chi connectivity index (χ0n) is 18.7. The van der Waals surface area contributed by atoms with Crippen LogP contribution in [0.3, 0.4) is 0 Å². The van der Waals surface area contributed by atoms with Crippen molar-refractivity contribution >= 4 is 28.3 Å². The molecule has 0 saturated carbocycles. The molecule has 8 nitrogen and oxygen atoms in total. The second-order valence-corrected chi connectivity index (χ2v) is 8.23. The van der Waals surface area contributed by atoms with Crippen molar-refractivity contribution < 1.29 is 18.9 Å². The molecule has 4 aromatic rings. The van der Waals surface area contributed by atoms with Crippen molar-refractivity contribution in [1.29, 1.82) is 0 Å². The number of carbonyl (C=O) groups excluding carboxylic acids is 1. The summed E-state index contributed by atoms with van der Waals surface area (Å²) in [5, 5.41) is 11.8. The highest BCUT2D eigenvalue weighted by atomic mass is 16.6. The van der Waals surface area contributed by atoms with Gasteiger partial charge in [-0.1, -0.05) is 12.1 Å². The monoisotopic (exact) mass is 456 g/mol. The number of anilines is 1. The number of nitrogens with zero attached hydrogens (tertiary/aromatic N) is 2. The van der Waals surface area contributed by atoms with Crippen LogP contribution in [-0.2, 0) is 0 Å². The number of hydrogen-bond acceptors (Lipinski definition) is 6. The molecule has 1 atom stereocenters. The predicted octanol–water partition coefficient (Wildman–Crippen LogP) is 5.08. The van der Waals surface area contributed by atoms with E-state index in [4.69, 9.17) is 9.15 Å². The van der Waals surface area contributed by atoms with Crippen LogP contribution in [0, 0.1) is 24.0 Å². The Morgan fingerprint density at radius 3 is 2.38 bits per heavy atom. The van der Waals surface area contributed by atoms with Gasteiger partial charge in [0.25, 0.3) is 11.6 Å². The maximum absolute atomic E-state index is 13.7. The summed E-state index contributed by atoms with van der Waals surface area (Å²) >= 11 is 0. The quantitative estimate of drug-likeness (QED) is 0.314. The second-order valence-electron chi connectivity index (χ2n) is 8.23. The maximum Gasteiger partial charge on any atom is 0.295 e. The minimum Gasteiger partial charge on any atom is -0.497 e. The van der Waals surface area contributed by atoms with Gasteiger partial charge >= 0.3 is 0 Å². The first kappa shape index (κ1) is 21.4. The fourth-order valence-electron chi connectivity index (χ4n) is 4.36. The Balaban J connectivity index is 1.81. The topological polar surface area (TPSA) is 103 Å². The van der Waals surface area contributed by atoms with E-state index in [2.05, 4.69) is 0 Å². The maximum atomic E-state index is 13.7. The number of fused-ring (bicyclic) bond motifs is 2. The zero-order valence-corrected chi connectivity index (χ0v) is 18.7. The smallest absolute Gasteiger partial charge is 0.295 e. The molecule has 5 rings (SSSR count). The average Bonchev–Trinajstić information content (AvgIpc) is 3.13. The molecule has 0 spiro atoms. The summed E-state index contributed by atoms with van der Waals surface area (Å²) in [5.74, 6) is 0.0488. The third-order valence-corrected chi connectivity index (χ3v) is 6.23. The van der Waals surface area contributed by atoms with E-state index in [-0.39, 0.29) is 22.4 Å². The van der Waals surface area contributed by atoms with Crippen LogP contribution in [0.4, 0.5) is 11.4 Å². The van der Waals surface area contributed by atoms with Gasteiger partial charge in [-0.25, -0.2) is 0 Å². The molecule has 0 fully saturated rings. The van der Waals surface area contributed by atoms with Crippen molar-refractivity contribution in [1.82, 2.24) is 0 Å². The lowest BCUT2D eigenvalue weighted by Crippen LogP contribution is -2.29. The molecule has 0 saturated heterocycles. The SMILES string of the molecule is COc1ccc(N2C(=O)c3oc4cc(C)c(C)cc4c(=O)c3[C@H]2c2cccc([N+](=O)[O-])c2)cc1. The van der Waals surface area contributed by atoms with Crippen molar-refractivity contribution in [2.45, 2.75) is 19.9 Å². The van der Waals surface area contributed by atoms with Crippen LogP contribution in [0.1, 0.15) is 38.9 Å². The van der Waals surface area contributed by atoms with Crippen LogP contribution in [0.2, 0.25) is 0 Å². The first-order valence-corrected chi connectivity index (χ1v) is 10.6. The summed E-state index contributed by atoms with van der Waals surface area (Å²) in [5.41, 5.74) is 2.82. The van der Waals surface area contributed by atoms with Crippen LogP contribution >= 0.6 is 0 Å². The number of methoxy groups -OCH3 is 1. The average molecular weight is 456 g/mol. The van der Waals surface area contributed by atoms with Crippen LogP contribution in [0.5, 0.6) is 5.75 Å². The largest absolute Gasteiger partial charge is 0.497 e. The Morgan fingerprint density at radius 1 is 1.00 bits per heavy atom. The predicted molar refractivity (Wildman–Crippen MR) is 127 cm³/mol. The number of non-ortho nitro benzene ring substituents is 1. The number of hydrogen-bond donors (Lipinski definition) is 0. The third kappa shape index (κ3) is 3.23. The van der Waals surface area contributed by atoms with E-state index in [1.807, 2.05) is 13.8 Å². The molecular weight excluding hydrogens is 436 g/mol. The number of rotatable bonds is 4. The van der Waals surface area contributed by atoms with Gasteiger partial charge in [-0.2, -0.15) is 0 Å². The minimum absolute atomic E-state index is 0.0620. The molecule has 0 radical (unpaired) electrons. The number of nitro benzene ring substituents is 1. The van der Waals surface area contributed by atoms with Crippen LogP contribution < -0.4 is 15.1 Å². The number of ether oxygens (including phenoxy) is 1. The van der Waals surface area contributed by atoms with E-state index < -0.39 is 16.9 Å². The van der Waals surface area contributed by atoms with Gasteiger partial charge in [0, 0.05) is 17.8 Å². The van der Waals surface area contributed by atoms with Gasteiger partial charge in [0.1, 0.15) is 11.3 Å². The molecule has 1 aliphatic heterocycles. The van der Waals surface area contributed by atoms with Gasteiger partial charge in [0.15, 0.2) is 5.43 Å². The fraction of sp³-hybridized carbons (Fsp3) is 0.154. The summed E-state index contributed by atoms with van der Waals surface area (Å²) in [4.78, 5) is 39.7. The first-order valence-electron chi connectivity index (χ1n) is 10.6. The minimum atomic E-state index is -0.891. The van der Waals surface area contributed by atoms with Gasteiger partial charge < -0.3 is 9.15 Å². The molecule has 1 amide bonds. The van der Waals surface area contributed by atoms with E-state index in [9.17, 15) is 19.7 Å². The summed E-state index contributed by atoms with van der Waals surface area (Å²) in [6.45, 7) is 3.80. The van der Waals surface area contributed by atoms with E-state index >= 15 is 0 Å². The summed E-state index contributed by atoms with van der Waals surface area (Å²) in [7, 11) is 1.54. The standard InChI is InChI=1S/C26H20N2O6/c1-14-11-20-21(12-15(14)2)34-25-22(24(20)29)23(16-5-4-6-18(13-16)28(31)32)27(26(25)30)17-7-9-19(33-3)10-8-17/h4-13,23H,1-3H3/t23-/m1/s1. The first-order chi connectivity index (χ1) is 16.3. The van der Waals surface area contributed by atoms with Crippen molar-refractivity contribution in [3.8, 4) is 5.75 Å². The molecule has 3 aromatic carbocycles. The number of aryl methyl sites for hydroxylation is 2. The molecule has 1 aliphatic rings. The Labute approximate surface area is 194 Å². The highest BCUT2D eigenvalue weighted by Gasteiger charge is 2.44. The van der Waals surface area contributed by atoms with Crippen LogP contribution in [-0.4, -0.2) is 17.9 Å². The highest BCUT2D eigenvalue weighted by molar-refractivity contribution is 6.10. The molecule has 0 N–H and O–H groups in total. The lowest BCUT2D eigenvalue weighted by atomic mass is 9.97. The van der Waals surface area contributed by atoms with Crippen LogP contribution in [0.25, 0.3) is 11.0 Å². The molecular formula is C26H20N2O6. The fourth-order valence-corrected chi connectivity index (χ4v) is 4.36. The molecule has 8 heteroatoms. The normalized spacial score (nSPS) is 15.0. The number of amides is 1. The van der Waals surface area contributed by atoms with Gasteiger partial charge in [-0.05, 0) is 66.9 Å². The van der Waals surface area contributed by atoms with Crippen molar-refractivity contribution in [2.75, 3.05) is 12.0 Å². The van der Waals surface area contributed by atoms with Crippen LogP contribution in [0.15, 0.2) is 69.9 Å². The van der Waals surface area contributed by atoms with E-state index in [1.54, 1.807) is 42.5 Å². The zero-order chi connectivity index (χ0) is 24.1.